The average molecular weight is 358 g/mol. The molecular formula is C17H12ClN3S2. The summed E-state index contributed by atoms with van der Waals surface area (Å²) in [4.78, 5) is 1.17. The van der Waals surface area contributed by atoms with E-state index in [-0.39, 0.29) is 0 Å². The summed E-state index contributed by atoms with van der Waals surface area (Å²) in [5.41, 5.74) is 1.06. The first-order valence-corrected chi connectivity index (χ1v) is 9.25. The second-order valence-electron chi connectivity index (χ2n) is 4.94. The van der Waals surface area contributed by atoms with E-state index in [1.807, 2.05) is 47.0 Å². The molecule has 0 saturated heterocycles. The smallest absolute Gasteiger partial charge is 0.195 e. The number of halogens is 1. The molecule has 0 N–H and O–H groups in total. The maximum absolute atomic E-state index is 6.51. The van der Waals surface area contributed by atoms with Gasteiger partial charge in [-0.3, -0.25) is 4.57 Å². The van der Waals surface area contributed by atoms with E-state index in [0.29, 0.717) is 0 Å². The molecular weight excluding hydrogens is 346 g/mol. The minimum atomic E-state index is 0.781. The Hall–Kier alpha value is -1.82. The van der Waals surface area contributed by atoms with Gasteiger partial charge in [0, 0.05) is 26.4 Å². The summed E-state index contributed by atoms with van der Waals surface area (Å²) in [5.74, 6) is 0.781. The topological polar surface area (TPSA) is 30.7 Å². The number of hydrogen-bond donors (Lipinski definition) is 0. The number of benzene rings is 2. The van der Waals surface area contributed by atoms with Crippen LogP contribution in [0.25, 0.3) is 15.8 Å². The molecule has 0 saturated carbocycles. The van der Waals surface area contributed by atoms with Gasteiger partial charge in [-0.25, -0.2) is 0 Å². The Balaban J connectivity index is 1.60. The van der Waals surface area contributed by atoms with Crippen molar-refractivity contribution in [2.75, 3.05) is 0 Å². The van der Waals surface area contributed by atoms with Gasteiger partial charge >= 0.3 is 0 Å². The third-order valence-electron chi connectivity index (χ3n) is 3.48. The fourth-order valence-corrected chi connectivity index (χ4v) is 4.96. The first-order chi connectivity index (χ1) is 11.3. The molecule has 0 radical (unpaired) electrons. The van der Waals surface area contributed by atoms with Crippen LogP contribution in [0.3, 0.4) is 0 Å². The molecule has 2 aromatic heterocycles. The van der Waals surface area contributed by atoms with E-state index in [4.69, 9.17) is 11.6 Å². The summed E-state index contributed by atoms with van der Waals surface area (Å²) in [5, 5.41) is 11.1. The molecule has 0 aliphatic rings. The largest absolute Gasteiger partial charge is 0.277 e. The van der Waals surface area contributed by atoms with Crippen molar-refractivity contribution in [2.24, 2.45) is 0 Å². The Kier molecular flexibility index (Phi) is 4.08. The zero-order valence-electron chi connectivity index (χ0n) is 12.0. The second kappa shape index (κ2) is 6.35. The highest BCUT2D eigenvalue weighted by molar-refractivity contribution is 7.98. The van der Waals surface area contributed by atoms with Crippen LogP contribution in [0, 0.1) is 0 Å². The van der Waals surface area contributed by atoms with Crippen molar-refractivity contribution in [3.63, 3.8) is 0 Å². The van der Waals surface area contributed by atoms with Crippen molar-refractivity contribution in [1.82, 2.24) is 14.8 Å². The minimum absolute atomic E-state index is 0.781. The van der Waals surface area contributed by atoms with Gasteiger partial charge in [0.05, 0.1) is 5.02 Å². The third-order valence-corrected chi connectivity index (χ3v) is 6.35. The molecule has 2 aromatic carbocycles. The maximum Gasteiger partial charge on any atom is 0.195 e. The number of thiophene rings is 1. The van der Waals surface area contributed by atoms with Gasteiger partial charge in [0.1, 0.15) is 6.33 Å². The van der Waals surface area contributed by atoms with E-state index in [1.165, 1.54) is 9.58 Å². The predicted molar refractivity (Wildman–Crippen MR) is 97.8 cm³/mol. The molecule has 0 bridgehead atoms. The summed E-state index contributed by atoms with van der Waals surface area (Å²) in [7, 11) is 0. The van der Waals surface area contributed by atoms with E-state index in [9.17, 15) is 0 Å². The van der Waals surface area contributed by atoms with Crippen molar-refractivity contribution in [1.29, 1.82) is 0 Å². The van der Waals surface area contributed by atoms with Crippen molar-refractivity contribution in [3.8, 4) is 5.69 Å². The van der Waals surface area contributed by atoms with Crippen LogP contribution in [0.2, 0.25) is 5.02 Å². The molecule has 0 unspecified atom stereocenters. The molecule has 4 rings (SSSR count). The zero-order valence-corrected chi connectivity index (χ0v) is 14.4. The predicted octanol–water partition coefficient (Wildman–Crippen LogP) is 5.43. The highest BCUT2D eigenvalue weighted by Gasteiger charge is 2.13. The van der Waals surface area contributed by atoms with Gasteiger partial charge in [-0.05, 0) is 18.2 Å². The van der Waals surface area contributed by atoms with Gasteiger partial charge in [-0.1, -0.05) is 59.8 Å². The Morgan fingerprint density at radius 3 is 2.65 bits per heavy atom. The highest BCUT2D eigenvalue weighted by Crippen LogP contribution is 2.38. The standard InChI is InChI=1S/C17H12ClN3S2/c18-16-13-8-4-5-9-14(13)23-15(16)10-22-17-20-19-11-21(17)12-6-2-1-3-7-12/h1-9,11H,10H2. The maximum atomic E-state index is 6.51. The highest BCUT2D eigenvalue weighted by atomic mass is 35.5. The Morgan fingerprint density at radius 1 is 1.04 bits per heavy atom. The van der Waals surface area contributed by atoms with Crippen LogP contribution >= 0.6 is 34.7 Å². The molecule has 23 heavy (non-hydrogen) atoms. The van der Waals surface area contributed by atoms with Gasteiger partial charge in [0.2, 0.25) is 0 Å². The number of para-hydroxylation sites is 1. The van der Waals surface area contributed by atoms with Crippen LogP contribution in [0.4, 0.5) is 0 Å². The molecule has 0 aliphatic heterocycles. The third kappa shape index (κ3) is 2.87. The van der Waals surface area contributed by atoms with Crippen LogP contribution in [0.1, 0.15) is 4.88 Å². The average Bonchev–Trinajstić information content (AvgIpc) is 3.19. The first kappa shape index (κ1) is 14.8. The number of aromatic nitrogens is 3. The summed E-state index contributed by atoms with van der Waals surface area (Å²) in [6.45, 7) is 0. The molecule has 0 aliphatic carbocycles. The SMILES string of the molecule is Clc1c(CSc2nncn2-c2ccccc2)sc2ccccc12. The molecule has 0 amide bonds. The number of nitrogens with zero attached hydrogens (tertiary/aromatic N) is 3. The van der Waals surface area contributed by atoms with Gasteiger partial charge in [-0.15, -0.1) is 21.5 Å². The summed E-state index contributed by atoms with van der Waals surface area (Å²) >= 11 is 9.89. The lowest BCUT2D eigenvalue weighted by Gasteiger charge is -2.05. The van der Waals surface area contributed by atoms with Crippen LogP contribution in [0.15, 0.2) is 66.1 Å². The van der Waals surface area contributed by atoms with E-state index in [1.54, 1.807) is 29.4 Å². The van der Waals surface area contributed by atoms with E-state index >= 15 is 0 Å². The van der Waals surface area contributed by atoms with Crippen molar-refractivity contribution >= 4 is 44.8 Å². The lowest BCUT2D eigenvalue weighted by atomic mass is 10.2. The van der Waals surface area contributed by atoms with E-state index in [2.05, 4.69) is 22.3 Å². The van der Waals surface area contributed by atoms with E-state index < -0.39 is 0 Å². The Morgan fingerprint density at radius 2 is 1.83 bits per heavy atom. The fraction of sp³-hybridized carbons (Fsp3) is 0.0588. The molecule has 0 atom stereocenters. The summed E-state index contributed by atoms with van der Waals surface area (Å²) in [6.07, 6.45) is 1.74. The van der Waals surface area contributed by atoms with Crippen molar-refractivity contribution in [2.45, 2.75) is 10.9 Å². The van der Waals surface area contributed by atoms with Crippen molar-refractivity contribution < 1.29 is 0 Å². The number of hydrogen-bond acceptors (Lipinski definition) is 4. The van der Waals surface area contributed by atoms with Crippen LogP contribution in [-0.4, -0.2) is 14.8 Å². The molecule has 2 heterocycles. The second-order valence-corrected chi connectivity index (χ2v) is 7.40. The van der Waals surface area contributed by atoms with Gasteiger partial charge in [-0.2, -0.15) is 0 Å². The quantitative estimate of drug-likeness (QED) is 0.456. The Bertz CT molecular complexity index is 947. The minimum Gasteiger partial charge on any atom is -0.277 e. The monoisotopic (exact) mass is 357 g/mol. The lowest BCUT2D eigenvalue weighted by molar-refractivity contribution is 0.884. The summed E-state index contributed by atoms with van der Waals surface area (Å²) < 4.78 is 3.21. The van der Waals surface area contributed by atoms with Crippen LogP contribution in [-0.2, 0) is 5.75 Å². The van der Waals surface area contributed by atoms with E-state index in [0.717, 1.165) is 27.0 Å². The fourth-order valence-electron chi connectivity index (χ4n) is 2.38. The molecule has 3 nitrogen and oxygen atoms in total. The van der Waals surface area contributed by atoms with Gasteiger partial charge in [0.25, 0.3) is 0 Å². The number of rotatable bonds is 4. The molecule has 0 fully saturated rings. The number of thioether (sulfide) groups is 1. The Labute approximate surface area is 146 Å². The molecule has 114 valence electrons. The molecule has 4 aromatic rings. The molecule has 6 heteroatoms. The normalized spacial score (nSPS) is 11.2. The van der Waals surface area contributed by atoms with Gasteiger partial charge in [0.15, 0.2) is 5.16 Å². The summed E-state index contributed by atoms with van der Waals surface area (Å²) in [6, 6.07) is 18.3. The number of fused-ring (bicyclic) bond motifs is 1. The van der Waals surface area contributed by atoms with Gasteiger partial charge < -0.3 is 0 Å². The van der Waals surface area contributed by atoms with Crippen LogP contribution < -0.4 is 0 Å². The molecule has 0 spiro atoms. The van der Waals surface area contributed by atoms with Crippen molar-refractivity contribution in [3.05, 3.63) is 70.8 Å². The zero-order chi connectivity index (χ0) is 15.6. The van der Waals surface area contributed by atoms with Crippen LogP contribution in [0.5, 0.6) is 0 Å². The first-order valence-electron chi connectivity index (χ1n) is 7.07. The lowest BCUT2D eigenvalue weighted by Crippen LogP contribution is -1.94.